The number of nitrogens with zero attached hydrogens (tertiary/aromatic N) is 2. The van der Waals surface area contributed by atoms with Crippen LogP contribution in [-0.4, -0.2) is 35.4 Å². The number of anilines is 1. The van der Waals surface area contributed by atoms with Crippen molar-refractivity contribution in [3.63, 3.8) is 0 Å². The number of rotatable bonds is 8. The normalized spacial score (nSPS) is 11.0. The fourth-order valence-corrected chi connectivity index (χ4v) is 2.18. The van der Waals surface area contributed by atoms with Crippen molar-refractivity contribution in [1.29, 1.82) is 0 Å². The van der Waals surface area contributed by atoms with Gasteiger partial charge in [0, 0.05) is 25.8 Å². The van der Waals surface area contributed by atoms with Crippen LogP contribution in [0, 0.1) is 11.8 Å². The topological polar surface area (TPSA) is 45.2 Å². The van der Waals surface area contributed by atoms with Gasteiger partial charge in [-0.1, -0.05) is 34.6 Å². The summed E-state index contributed by atoms with van der Waals surface area (Å²) in [4.78, 5) is 18.9. The van der Waals surface area contributed by atoms with E-state index in [1.54, 1.807) is 6.20 Å². The number of pyridine rings is 1. The van der Waals surface area contributed by atoms with E-state index in [2.05, 4.69) is 44.9 Å². The molecule has 21 heavy (non-hydrogen) atoms. The summed E-state index contributed by atoms with van der Waals surface area (Å²) in [5, 5.41) is 3.22. The van der Waals surface area contributed by atoms with Crippen LogP contribution >= 0.6 is 0 Å². The Morgan fingerprint density at radius 1 is 1.19 bits per heavy atom. The first-order chi connectivity index (χ1) is 9.93. The highest BCUT2D eigenvalue weighted by Gasteiger charge is 2.18. The number of carbonyl (C=O) groups is 1. The van der Waals surface area contributed by atoms with E-state index in [9.17, 15) is 4.79 Å². The molecule has 0 saturated heterocycles. The molecule has 0 aliphatic rings. The third kappa shape index (κ3) is 6.15. The van der Waals surface area contributed by atoms with Gasteiger partial charge in [0.25, 0.3) is 5.91 Å². The number of hydrogen-bond donors (Lipinski definition) is 1. The first kappa shape index (κ1) is 17.5. The number of amides is 1. The van der Waals surface area contributed by atoms with Crippen LogP contribution in [0.2, 0.25) is 0 Å². The molecule has 1 N–H and O–H groups in total. The Morgan fingerprint density at radius 2 is 1.81 bits per heavy atom. The first-order valence-electron chi connectivity index (χ1n) is 7.93. The van der Waals surface area contributed by atoms with Gasteiger partial charge in [-0.2, -0.15) is 0 Å². The molecular weight excluding hydrogens is 262 g/mol. The second-order valence-corrected chi connectivity index (χ2v) is 6.36. The molecular formula is C17H29N3O. The summed E-state index contributed by atoms with van der Waals surface area (Å²) in [6.45, 7) is 13.1. The summed E-state index contributed by atoms with van der Waals surface area (Å²) < 4.78 is 0. The van der Waals surface area contributed by atoms with E-state index in [0.717, 1.165) is 31.9 Å². The SMILES string of the molecule is CCCNc1ccc(C(=O)N(CC(C)C)CC(C)C)cn1. The lowest BCUT2D eigenvalue weighted by Gasteiger charge is -2.26. The Kier molecular flexibility index (Phi) is 7.20. The van der Waals surface area contributed by atoms with Crippen molar-refractivity contribution in [1.82, 2.24) is 9.88 Å². The van der Waals surface area contributed by atoms with Crippen LogP contribution in [-0.2, 0) is 0 Å². The van der Waals surface area contributed by atoms with Gasteiger partial charge in [-0.25, -0.2) is 4.98 Å². The molecule has 0 radical (unpaired) electrons. The highest BCUT2D eigenvalue weighted by atomic mass is 16.2. The highest BCUT2D eigenvalue weighted by molar-refractivity contribution is 5.94. The van der Waals surface area contributed by atoms with Crippen molar-refractivity contribution in [2.45, 2.75) is 41.0 Å². The summed E-state index contributed by atoms with van der Waals surface area (Å²) in [7, 11) is 0. The smallest absolute Gasteiger partial charge is 0.255 e. The molecule has 118 valence electrons. The predicted molar refractivity (Wildman–Crippen MR) is 88.6 cm³/mol. The van der Waals surface area contributed by atoms with E-state index in [0.29, 0.717) is 17.4 Å². The minimum atomic E-state index is 0.0759. The maximum absolute atomic E-state index is 12.6. The fraction of sp³-hybridized carbons (Fsp3) is 0.647. The molecule has 1 aromatic heterocycles. The summed E-state index contributed by atoms with van der Waals surface area (Å²) in [6, 6.07) is 3.74. The van der Waals surface area contributed by atoms with Crippen LogP contribution in [0.25, 0.3) is 0 Å². The first-order valence-corrected chi connectivity index (χ1v) is 7.93. The summed E-state index contributed by atoms with van der Waals surface area (Å²) in [5.74, 6) is 1.83. The fourth-order valence-electron chi connectivity index (χ4n) is 2.18. The van der Waals surface area contributed by atoms with Gasteiger partial charge in [0.15, 0.2) is 0 Å². The molecule has 0 bridgehead atoms. The molecule has 0 aliphatic carbocycles. The maximum Gasteiger partial charge on any atom is 0.255 e. The van der Waals surface area contributed by atoms with Gasteiger partial charge in [-0.15, -0.1) is 0 Å². The molecule has 0 aliphatic heterocycles. The molecule has 4 heteroatoms. The van der Waals surface area contributed by atoms with E-state index >= 15 is 0 Å². The van der Waals surface area contributed by atoms with Crippen LogP contribution in [0.1, 0.15) is 51.4 Å². The zero-order valence-electron chi connectivity index (χ0n) is 14.0. The number of aromatic nitrogens is 1. The summed E-state index contributed by atoms with van der Waals surface area (Å²) in [5.41, 5.74) is 0.665. The van der Waals surface area contributed by atoms with Crippen LogP contribution in [0.5, 0.6) is 0 Å². The lowest BCUT2D eigenvalue weighted by molar-refractivity contribution is 0.0714. The minimum absolute atomic E-state index is 0.0759. The second kappa shape index (κ2) is 8.65. The predicted octanol–water partition coefficient (Wildman–Crippen LogP) is 3.66. The van der Waals surface area contributed by atoms with Gasteiger partial charge in [0.05, 0.1) is 5.56 Å². The average Bonchev–Trinajstić information content (AvgIpc) is 2.43. The van der Waals surface area contributed by atoms with Crippen LogP contribution in [0.4, 0.5) is 5.82 Å². The van der Waals surface area contributed by atoms with Gasteiger partial charge in [-0.05, 0) is 30.4 Å². The van der Waals surface area contributed by atoms with E-state index in [1.807, 2.05) is 17.0 Å². The molecule has 0 aromatic carbocycles. The van der Waals surface area contributed by atoms with Crippen molar-refractivity contribution in [2.75, 3.05) is 25.0 Å². The van der Waals surface area contributed by atoms with Crippen molar-refractivity contribution in [2.24, 2.45) is 11.8 Å². The van der Waals surface area contributed by atoms with E-state index < -0.39 is 0 Å². The van der Waals surface area contributed by atoms with Crippen LogP contribution < -0.4 is 5.32 Å². The summed E-state index contributed by atoms with van der Waals surface area (Å²) in [6.07, 6.45) is 2.73. The third-order valence-corrected chi connectivity index (χ3v) is 3.02. The third-order valence-electron chi connectivity index (χ3n) is 3.02. The molecule has 0 spiro atoms. The lowest BCUT2D eigenvalue weighted by atomic mass is 10.1. The molecule has 0 fully saturated rings. The Hall–Kier alpha value is -1.58. The van der Waals surface area contributed by atoms with E-state index in [4.69, 9.17) is 0 Å². The number of carbonyl (C=O) groups excluding carboxylic acids is 1. The van der Waals surface area contributed by atoms with Crippen molar-refractivity contribution in [3.8, 4) is 0 Å². The van der Waals surface area contributed by atoms with Gasteiger partial charge < -0.3 is 10.2 Å². The zero-order valence-corrected chi connectivity index (χ0v) is 14.0. The van der Waals surface area contributed by atoms with Crippen molar-refractivity contribution >= 4 is 11.7 Å². The largest absolute Gasteiger partial charge is 0.370 e. The van der Waals surface area contributed by atoms with Gasteiger partial charge in [0.2, 0.25) is 0 Å². The Labute approximate surface area is 129 Å². The van der Waals surface area contributed by atoms with Gasteiger partial charge in [0.1, 0.15) is 5.82 Å². The van der Waals surface area contributed by atoms with Crippen molar-refractivity contribution in [3.05, 3.63) is 23.9 Å². The molecule has 0 saturated carbocycles. The molecule has 1 amide bonds. The van der Waals surface area contributed by atoms with Gasteiger partial charge in [-0.3, -0.25) is 4.79 Å². The lowest BCUT2D eigenvalue weighted by Crippen LogP contribution is -2.37. The Bertz CT molecular complexity index is 416. The monoisotopic (exact) mass is 291 g/mol. The molecule has 4 nitrogen and oxygen atoms in total. The Morgan fingerprint density at radius 3 is 2.24 bits per heavy atom. The Balaban J connectivity index is 2.77. The van der Waals surface area contributed by atoms with E-state index in [1.165, 1.54) is 0 Å². The standard InChI is InChI=1S/C17H29N3O/c1-6-9-18-16-8-7-15(10-19-16)17(21)20(11-13(2)3)12-14(4)5/h7-8,10,13-14H,6,9,11-12H2,1-5H3,(H,18,19). The zero-order chi connectivity index (χ0) is 15.8. The number of nitrogens with one attached hydrogen (secondary N) is 1. The molecule has 1 aromatic rings. The molecule has 1 rings (SSSR count). The minimum Gasteiger partial charge on any atom is -0.370 e. The quantitative estimate of drug-likeness (QED) is 0.795. The average molecular weight is 291 g/mol. The highest BCUT2D eigenvalue weighted by Crippen LogP contribution is 2.12. The maximum atomic E-state index is 12.6. The van der Waals surface area contributed by atoms with E-state index in [-0.39, 0.29) is 5.91 Å². The van der Waals surface area contributed by atoms with Crippen molar-refractivity contribution < 1.29 is 4.79 Å². The molecule has 0 atom stereocenters. The molecule has 1 heterocycles. The summed E-state index contributed by atoms with van der Waals surface area (Å²) >= 11 is 0. The van der Waals surface area contributed by atoms with Crippen LogP contribution in [0.15, 0.2) is 18.3 Å². The van der Waals surface area contributed by atoms with Gasteiger partial charge >= 0.3 is 0 Å². The van der Waals surface area contributed by atoms with Crippen LogP contribution in [0.3, 0.4) is 0 Å². The molecule has 0 unspecified atom stereocenters. The number of hydrogen-bond acceptors (Lipinski definition) is 3. The second-order valence-electron chi connectivity index (χ2n) is 6.36.